The molecule has 1 fully saturated rings. The highest BCUT2D eigenvalue weighted by Crippen LogP contribution is 2.39. The number of carboxylic acid groups (broad SMARTS) is 1. The lowest BCUT2D eigenvalue weighted by Gasteiger charge is -2.36. The molecule has 1 unspecified atom stereocenters. The third kappa shape index (κ3) is 3.13. The van der Waals surface area contributed by atoms with Gasteiger partial charge >= 0.3 is 5.97 Å². The van der Waals surface area contributed by atoms with Gasteiger partial charge in [0.2, 0.25) is 0 Å². The second-order valence-electron chi connectivity index (χ2n) is 6.94. The number of nitrogens with zero attached hydrogens (tertiary/aromatic N) is 2. The molecular formula is C21H22N2O2S. The molecule has 0 saturated carbocycles. The zero-order chi connectivity index (χ0) is 18.1. The van der Waals surface area contributed by atoms with Crippen molar-refractivity contribution in [2.24, 2.45) is 5.92 Å². The number of hydrogen-bond donors (Lipinski definition) is 1. The van der Waals surface area contributed by atoms with E-state index in [9.17, 15) is 9.90 Å². The summed E-state index contributed by atoms with van der Waals surface area (Å²) in [6.07, 6.45) is 3.24. The number of carboxylic acids is 1. The first-order valence-corrected chi connectivity index (χ1v) is 9.87. The molecule has 0 spiro atoms. The maximum atomic E-state index is 11.3. The van der Waals surface area contributed by atoms with Gasteiger partial charge in [0, 0.05) is 10.9 Å². The molecule has 0 aliphatic carbocycles. The predicted octanol–water partition coefficient (Wildman–Crippen LogP) is 4.49. The van der Waals surface area contributed by atoms with E-state index in [1.165, 1.54) is 21.2 Å². The van der Waals surface area contributed by atoms with Crippen LogP contribution in [0.2, 0.25) is 0 Å². The number of hydrogen-bond acceptors (Lipinski definition) is 4. The number of carbonyl (C=O) groups is 1. The van der Waals surface area contributed by atoms with Crippen molar-refractivity contribution in [1.29, 1.82) is 0 Å². The fraction of sp³-hybridized carbons (Fsp3) is 0.333. The van der Waals surface area contributed by atoms with E-state index in [1.54, 1.807) is 11.3 Å². The van der Waals surface area contributed by atoms with Crippen LogP contribution in [0, 0.1) is 12.8 Å². The molecular weight excluding hydrogens is 344 g/mol. The Morgan fingerprint density at radius 1 is 1.23 bits per heavy atom. The van der Waals surface area contributed by atoms with Crippen molar-refractivity contribution in [2.75, 3.05) is 13.1 Å². The summed E-state index contributed by atoms with van der Waals surface area (Å²) in [5.41, 5.74) is 3.53. The van der Waals surface area contributed by atoms with Crippen molar-refractivity contribution in [3.63, 3.8) is 0 Å². The van der Waals surface area contributed by atoms with E-state index in [0.717, 1.165) is 18.8 Å². The fourth-order valence-electron chi connectivity index (χ4n) is 3.92. The van der Waals surface area contributed by atoms with Crippen LogP contribution in [0.5, 0.6) is 0 Å². The fourth-order valence-corrected chi connectivity index (χ4v) is 4.90. The lowest BCUT2D eigenvalue weighted by molar-refractivity contribution is -0.143. The van der Waals surface area contributed by atoms with Crippen molar-refractivity contribution in [1.82, 2.24) is 9.88 Å². The standard InChI is InChI=1S/C21H22N2O2S/c1-14-5-4-10-22-19(14)20(23-11-8-15(9-12-23)21(24)25)17-13-26-18-7-3-2-6-16(17)18/h2-7,10,13,15,20H,8-9,11-12H2,1H3,(H,24,25). The number of pyridine rings is 1. The highest BCUT2D eigenvalue weighted by atomic mass is 32.1. The highest BCUT2D eigenvalue weighted by molar-refractivity contribution is 7.17. The van der Waals surface area contributed by atoms with Gasteiger partial charge in [0.05, 0.1) is 17.7 Å². The summed E-state index contributed by atoms with van der Waals surface area (Å²) in [4.78, 5) is 18.5. The van der Waals surface area contributed by atoms with Gasteiger partial charge in [-0.15, -0.1) is 11.3 Å². The molecule has 1 aliphatic rings. The SMILES string of the molecule is Cc1cccnc1C(c1csc2ccccc12)N1CCC(C(=O)O)CC1. The lowest BCUT2D eigenvalue weighted by atomic mass is 9.92. The number of rotatable bonds is 4. The van der Waals surface area contributed by atoms with Gasteiger partial charge in [-0.2, -0.15) is 0 Å². The Labute approximate surface area is 157 Å². The molecule has 1 aromatic carbocycles. The first-order chi connectivity index (χ1) is 12.6. The molecule has 1 saturated heterocycles. The third-order valence-corrected chi connectivity index (χ3v) is 6.34. The van der Waals surface area contributed by atoms with Gasteiger partial charge in [0.1, 0.15) is 0 Å². The van der Waals surface area contributed by atoms with Gasteiger partial charge in [0.15, 0.2) is 0 Å². The van der Waals surface area contributed by atoms with Crippen LogP contribution in [0.4, 0.5) is 0 Å². The number of aliphatic carboxylic acids is 1. The molecule has 5 heteroatoms. The zero-order valence-electron chi connectivity index (χ0n) is 14.8. The second kappa shape index (κ2) is 7.17. The van der Waals surface area contributed by atoms with Gasteiger partial charge in [0.25, 0.3) is 0 Å². The van der Waals surface area contributed by atoms with Gasteiger partial charge < -0.3 is 5.11 Å². The van der Waals surface area contributed by atoms with E-state index in [2.05, 4.69) is 47.5 Å². The van der Waals surface area contributed by atoms with E-state index in [4.69, 9.17) is 4.98 Å². The summed E-state index contributed by atoms with van der Waals surface area (Å²) < 4.78 is 1.28. The molecule has 4 nitrogen and oxygen atoms in total. The van der Waals surface area contributed by atoms with Crippen LogP contribution in [0.15, 0.2) is 48.0 Å². The van der Waals surface area contributed by atoms with Crippen molar-refractivity contribution in [2.45, 2.75) is 25.8 Å². The number of piperidine rings is 1. The minimum atomic E-state index is -0.670. The molecule has 1 aliphatic heterocycles. The Hall–Kier alpha value is -2.24. The zero-order valence-corrected chi connectivity index (χ0v) is 15.6. The van der Waals surface area contributed by atoms with Crippen LogP contribution in [0.3, 0.4) is 0 Å². The molecule has 0 radical (unpaired) electrons. The molecule has 3 aromatic rings. The second-order valence-corrected chi connectivity index (χ2v) is 7.85. The highest BCUT2D eigenvalue weighted by Gasteiger charge is 2.32. The van der Waals surface area contributed by atoms with Crippen LogP contribution in [0.1, 0.15) is 35.7 Å². The first-order valence-electron chi connectivity index (χ1n) is 8.99. The van der Waals surface area contributed by atoms with E-state index in [0.29, 0.717) is 12.8 Å². The summed E-state index contributed by atoms with van der Waals surface area (Å²) in [7, 11) is 0. The molecule has 134 valence electrons. The van der Waals surface area contributed by atoms with Crippen molar-refractivity contribution < 1.29 is 9.90 Å². The Morgan fingerprint density at radius 3 is 2.73 bits per heavy atom. The van der Waals surface area contributed by atoms with Gasteiger partial charge in [-0.25, -0.2) is 0 Å². The summed E-state index contributed by atoms with van der Waals surface area (Å²) in [6.45, 7) is 3.66. The number of fused-ring (bicyclic) bond motifs is 1. The number of aromatic nitrogens is 1. The molecule has 1 N–H and O–H groups in total. The van der Waals surface area contributed by atoms with Crippen LogP contribution < -0.4 is 0 Å². The topological polar surface area (TPSA) is 53.4 Å². The van der Waals surface area contributed by atoms with E-state index < -0.39 is 5.97 Å². The minimum Gasteiger partial charge on any atom is -0.481 e. The normalized spacial score (nSPS) is 17.4. The summed E-state index contributed by atoms with van der Waals surface area (Å²) in [6, 6.07) is 12.6. The monoisotopic (exact) mass is 366 g/mol. The van der Waals surface area contributed by atoms with E-state index in [1.807, 2.05) is 12.3 Å². The number of aryl methyl sites for hydroxylation is 1. The van der Waals surface area contributed by atoms with Crippen LogP contribution in [0.25, 0.3) is 10.1 Å². The Kier molecular flexibility index (Phi) is 4.74. The predicted molar refractivity (Wildman–Crippen MR) is 105 cm³/mol. The van der Waals surface area contributed by atoms with Crippen molar-refractivity contribution in [3.05, 3.63) is 64.8 Å². The molecule has 3 heterocycles. The number of thiophene rings is 1. The van der Waals surface area contributed by atoms with E-state index in [-0.39, 0.29) is 12.0 Å². The molecule has 4 rings (SSSR count). The number of likely N-dealkylation sites (tertiary alicyclic amines) is 1. The first kappa shape index (κ1) is 17.2. The smallest absolute Gasteiger partial charge is 0.306 e. The summed E-state index contributed by atoms with van der Waals surface area (Å²) >= 11 is 1.76. The Morgan fingerprint density at radius 2 is 2.00 bits per heavy atom. The average Bonchev–Trinajstić information content (AvgIpc) is 3.08. The quantitative estimate of drug-likeness (QED) is 0.739. The van der Waals surface area contributed by atoms with Crippen molar-refractivity contribution in [3.8, 4) is 0 Å². The molecule has 26 heavy (non-hydrogen) atoms. The number of benzene rings is 1. The van der Waals surface area contributed by atoms with E-state index >= 15 is 0 Å². The maximum Gasteiger partial charge on any atom is 0.306 e. The largest absolute Gasteiger partial charge is 0.481 e. The van der Waals surface area contributed by atoms with Crippen LogP contribution in [-0.4, -0.2) is 34.0 Å². The van der Waals surface area contributed by atoms with Gasteiger partial charge in [-0.1, -0.05) is 24.3 Å². The molecule has 1 atom stereocenters. The Bertz CT molecular complexity index is 928. The van der Waals surface area contributed by atoms with Crippen LogP contribution in [-0.2, 0) is 4.79 Å². The van der Waals surface area contributed by atoms with Gasteiger partial charge in [-0.05, 0) is 66.9 Å². The summed E-state index contributed by atoms with van der Waals surface area (Å²) in [5, 5.41) is 12.8. The molecule has 0 amide bonds. The minimum absolute atomic E-state index is 0.0714. The Balaban J connectivity index is 1.76. The average molecular weight is 366 g/mol. The van der Waals surface area contributed by atoms with Crippen molar-refractivity contribution >= 4 is 27.4 Å². The molecule has 2 aromatic heterocycles. The van der Waals surface area contributed by atoms with Gasteiger partial charge in [-0.3, -0.25) is 14.7 Å². The third-order valence-electron chi connectivity index (χ3n) is 5.36. The molecule has 0 bridgehead atoms. The summed E-state index contributed by atoms with van der Waals surface area (Å²) in [5.74, 6) is -0.896. The maximum absolute atomic E-state index is 11.3. The lowest BCUT2D eigenvalue weighted by Crippen LogP contribution is -2.39. The van der Waals surface area contributed by atoms with Crippen LogP contribution >= 0.6 is 11.3 Å².